The second-order valence-electron chi connectivity index (χ2n) is 5.41. The Morgan fingerprint density at radius 1 is 1.41 bits per heavy atom. The highest BCUT2D eigenvalue weighted by Crippen LogP contribution is 2.29. The lowest BCUT2D eigenvalue weighted by Crippen LogP contribution is -2.37. The molecule has 1 aliphatic heterocycles. The molecule has 0 bridgehead atoms. The summed E-state index contributed by atoms with van der Waals surface area (Å²) < 4.78 is 10.9. The summed E-state index contributed by atoms with van der Waals surface area (Å²) in [6.07, 6.45) is 6.32. The van der Waals surface area contributed by atoms with Crippen LogP contribution in [0.2, 0.25) is 0 Å². The first-order valence-electron chi connectivity index (χ1n) is 7.54. The average Bonchev–Trinajstić information content (AvgIpc) is 3.23. The monoisotopic (exact) mass is 301 g/mol. The maximum absolute atomic E-state index is 12.0. The van der Waals surface area contributed by atoms with Crippen molar-refractivity contribution in [2.75, 3.05) is 13.1 Å². The van der Waals surface area contributed by atoms with E-state index in [4.69, 9.17) is 8.83 Å². The molecule has 0 aliphatic carbocycles. The van der Waals surface area contributed by atoms with Crippen molar-refractivity contribution < 1.29 is 13.6 Å². The molecule has 116 valence electrons. The van der Waals surface area contributed by atoms with E-state index in [0.29, 0.717) is 24.0 Å². The molecule has 0 aromatic carbocycles. The van der Waals surface area contributed by atoms with Gasteiger partial charge in [0.25, 0.3) is 5.89 Å². The summed E-state index contributed by atoms with van der Waals surface area (Å²) in [5.74, 6) is 2.02. The third-order valence-electron chi connectivity index (χ3n) is 3.93. The molecule has 1 amide bonds. The summed E-state index contributed by atoms with van der Waals surface area (Å²) in [7, 11) is 0. The second kappa shape index (κ2) is 6.60. The Hall–Kier alpha value is -2.37. The Balaban J connectivity index is 1.57. The van der Waals surface area contributed by atoms with Gasteiger partial charge in [0.15, 0.2) is 5.76 Å². The molecule has 2 aromatic rings. The zero-order valence-corrected chi connectivity index (χ0v) is 12.4. The van der Waals surface area contributed by atoms with Gasteiger partial charge in [-0.1, -0.05) is 6.08 Å². The highest BCUT2D eigenvalue weighted by molar-refractivity contribution is 5.76. The van der Waals surface area contributed by atoms with Crippen molar-refractivity contribution >= 4 is 5.91 Å². The van der Waals surface area contributed by atoms with Gasteiger partial charge in [-0.15, -0.1) is 16.8 Å². The lowest BCUT2D eigenvalue weighted by atomic mass is 9.96. The van der Waals surface area contributed by atoms with Gasteiger partial charge in [-0.2, -0.15) is 0 Å². The van der Waals surface area contributed by atoms with Gasteiger partial charge in [0.2, 0.25) is 11.8 Å². The Morgan fingerprint density at radius 3 is 2.91 bits per heavy atom. The normalized spacial score (nSPS) is 15.9. The zero-order valence-electron chi connectivity index (χ0n) is 12.4. The molecule has 6 heteroatoms. The van der Waals surface area contributed by atoms with Gasteiger partial charge in [-0.05, 0) is 31.4 Å². The van der Waals surface area contributed by atoms with Crippen LogP contribution >= 0.6 is 0 Å². The zero-order chi connectivity index (χ0) is 15.4. The van der Waals surface area contributed by atoms with Crippen molar-refractivity contribution in [2.24, 2.45) is 0 Å². The van der Waals surface area contributed by atoms with Crippen LogP contribution in [0.5, 0.6) is 0 Å². The van der Waals surface area contributed by atoms with Crippen LogP contribution in [-0.4, -0.2) is 34.1 Å². The van der Waals surface area contributed by atoms with E-state index < -0.39 is 0 Å². The molecule has 0 spiro atoms. The van der Waals surface area contributed by atoms with Gasteiger partial charge < -0.3 is 13.7 Å². The highest BCUT2D eigenvalue weighted by Gasteiger charge is 2.27. The number of furan rings is 1. The number of piperidine rings is 1. The summed E-state index contributed by atoms with van der Waals surface area (Å²) >= 11 is 0. The van der Waals surface area contributed by atoms with Crippen LogP contribution in [0.15, 0.2) is 39.9 Å². The SMILES string of the molecule is C=CCCC(=O)N1CCC(c2nnc(-c3ccco3)o2)CC1. The van der Waals surface area contributed by atoms with E-state index >= 15 is 0 Å². The third kappa shape index (κ3) is 3.10. The van der Waals surface area contributed by atoms with E-state index in [2.05, 4.69) is 16.8 Å². The first-order chi connectivity index (χ1) is 10.8. The molecule has 6 nitrogen and oxygen atoms in total. The van der Waals surface area contributed by atoms with Gasteiger partial charge in [-0.3, -0.25) is 4.79 Å². The van der Waals surface area contributed by atoms with E-state index in [-0.39, 0.29) is 11.8 Å². The summed E-state index contributed by atoms with van der Waals surface area (Å²) in [5.41, 5.74) is 0. The number of aromatic nitrogens is 2. The maximum Gasteiger partial charge on any atom is 0.283 e. The Kier molecular flexibility index (Phi) is 4.37. The summed E-state index contributed by atoms with van der Waals surface area (Å²) in [6, 6.07) is 3.57. The van der Waals surface area contributed by atoms with Gasteiger partial charge in [0.1, 0.15) is 0 Å². The Bertz CT molecular complexity index is 625. The van der Waals surface area contributed by atoms with Crippen LogP contribution in [0.1, 0.15) is 37.5 Å². The van der Waals surface area contributed by atoms with Crippen molar-refractivity contribution in [3.63, 3.8) is 0 Å². The van der Waals surface area contributed by atoms with Crippen molar-refractivity contribution in [3.05, 3.63) is 36.9 Å². The molecular formula is C16H19N3O3. The molecule has 1 aliphatic rings. The predicted octanol–water partition coefficient (Wildman–Crippen LogP) is 3.00. The number of allylic oxidation sites excluding steroid dienone is 1. The molecule has 22 heavy (non-hydrogen) atoms. The van der Waals surface area contributed by atoms with Crippen molar-refractivity contribution in [2.45, 2.75) is 31.6 Å². The van der Waals surface area contributed by atoms with Gasteiger partial charge >= 0.3 is 0 Å². The minimum Gasteiger partial charge on any atom is -0.459 e. The van der Waals surface area contributed by atoms with Gasteiger partial charge in [0.05, 0.1) is 6.26 Å². The van der Waals surface area contributed by atoms with E-state index in [1.165, 1.54) is 0 Å². The molecule has 2 aromatic heterocycles. The molecule has 1 saturated heterocycles. The molecule has 0 unspecified atom stereocenters. The minimum atomic E-state index is 0.195. The maximum atomic E-state index is 12.0. The minimum absolute atomic E-state index is 0.195. The molecule has 0 N–H and O–H groups in total. The van der Waals surface area contributed by atoms with E-state index in [0.717, 1.165) is 32.4 Å². The average molecular weight is 301 g/mol. The number of hydrogen-bond donors (Lipinski definition) is 0. The van der Waals surface area contributed by atoms with E-state index in [1.54, 1.807) is 24.5 Å². The van der Waals surface area contributed by atoms with Gasteiger partial charge in [-0.25, -0.2) is 0 Å². The molecule has 0 radical (unpaired) electrons. The molecule has 0 saturated carbocycles. The number of rotatable bonds is 5. The fourth-order valence-corrected chi connectivity index (χ4v) is 2.66. The number of carbonyl (C=O) groups excluding carboxylic acids is 1. The molecule has 3 heterocycles. The molecule has 0 atom stereocenters. The second-order valence-corrected chi connectivity index (χ2v) is 5.41. The Morgan fingerprint density at radius 2 is 2.23 bits per heavy atom. The summed E-state index contributed by atoms with van der Waals surface area (Å²) in [5, 5.41) is 8.15. The summed E-state index contributed by atoms with van der Waals surface area (Å²) in [4.78, 5) is 13.9. The van der Waals surface area contributed by atoms with Crippen LogP contribution in [0.3, 0.4) is 0 Å². The quantitative estimate of drug-likeness (QED) is 0.794. The number of nitrogens with zero attached hydrogens (tertiary/aromatic N) is 3. The third-order valence-corrected chi connectivity index (χ3v) is 3.93. The molecular weight excluding hydrogens is 282 g/mol. The number of carbonyl (C=O) groups is 1. The molecule has 3 rings (SSSR count). The lowest BCUT2D eigenvalue weighted by Gasteiger charge is -2.30. The number of hydrogen-bond acceptors (Lipinski definition) is 5. The van der Waals surface area contributed by atoms with Crippen LogP contribution in [0, 0.1) is 0 Å². The fourth-order valence-electron chi connectivity index (χ4n) is 2.66. The first-order valence-corrected chi connectivity index (χ1v) is 7.54. The fraction of sp³-hybridized carbons (Fsp3) is 0.438. The van der Waals surface area contributed by atoms with Crippen LogP contribution in [0.4, 0.5) is 0 Å². The van der Waals surface area contributed by atoms with E-state index in [1.807, 2.05) is 4.90 Å². The first kappa shape index (κ1) is 14.6. The Labute approximate surface area is 128 Å². The van der Waals surface area contributed by atoms with Crippen LogP contribution < -0.4 is 0 Å². The van der Waals surface area contributed by atoms with Crippen LogP contribution in [-0.2, 0) is 4.79 Å². The van der Waals surface area contributed by atoms with Crippen molar-refractivity contribution in [3.8, 4) is 11.7 Å². The smallest absolute Gasteiger partial charge is 0.283 e. The lowest BCUT2D eigenvalue weighted by molar-refractivity contribution is -0.132. The largest absolute Gasteiger partial charge is 0.459 e. The predicted molar refractivity (Wildman–Crippen MR) is 80.0 cm³/mol. The standard InChI is InChI=1S/C16H19N3O3/c1-2-3-6-14(20)19-9-7-12(8-10-19)15-17-18-16(22-15)13-5-4-11-21-13/h2,4-5,11-12H,1,3,6-10H2. The van der Waals surface area contributed by atoms with Gasteiger partial charge in [0, 0.05) is 25.4 Å². The van der Waals surface area contributed by atoms with E-state index in [9.17, 15) is 4.79 Å². The van der Waals surface area contributed by atoms with Crippen LogP contribution in [0.25, 0.3) is 11.7 Å². The van der Waals surface area contributed by atoms with Crippen molar-refractivity contribution in [1.29, 1.82) is 0 Å². The number of likely N-dealkylation sites (tertiary alicyclic amines) is 1. The topological polar surface area (TPSA) is 72.4 Å². The molecule has 1 fully saturated rings. The summed E-state index contributed by atoms with van der Waals surface area (Å²) in [6.45, 7) is 5.12. The van der Waals surface area contributed by atoms with Crippen molar-refractivity contribution in [1.82, 2.24) is 15.1 Å². The highest BCUT2D eigenvalue weighted by atomic mass is 16.4. The number of amides is 1.